The van der Waals surface area contributed by atoms with E-state index in [2.05, 4.69) is 22.0 Å². The molecule has 1 fully saturated rings. The lowest BCUT2D eigenvalue weighted by molar-refractivity contribution is -0.107. The molecule has 2 heterocycles. The van der Waals surface area contributed by atoms with Gasteiger partial charge < -0.3 is 9.63 Å². The minimum atomic E-state index is -0.495. The Balaban J connectivity index is 1.87. The summed E-state index contributed by atoms with van der Waals surface area (Å²) in [7, 11) is 0. The predicted octanol–water partition coefficient (Wildman–Crippen LogP) is 1.71. The third-order valence-electron chi connectivity index (χ3n) is 3.23. The van der Waals surface area contributed by atoms with Crippen molar-refractivity contribution in [3.05, 3.63) is 11.7 Å². The van der Waals surface area contributed by atoms with E-state index in [1.807, 2.05) is 20.8 Å². The quantitative estimate of drug-likeness (QED) is 0.885. The fraction of sp³-hybridized carbons (Fsp3) is 0.846. The topological polar surface area (TPSA) is 62.4 Å². The van der Waals surface area contributed by atoms with Gasteiger partial charge in [0.15, 0.2) is 5.82 Å². The van der Waals surface area contributed by atoms with Crippen LogP contribution in [0.2, 0.25) is 0 Å². The van der Waals surface area contributed by atoms with Crippen LogP contribution in [0.25, 0.3) is 0 Å². The Morgan fingerprint density at radius 2 is 2.06 bits per heavy atom. The van der Waals surface area contributed by atoms with Crippen LogP contribution in [-0.4, -0.2) is 38.8 Å². The van der Waals surface area contributed by atoms with E-state index in [9.17, 15) is 5.11 Å². The Kier molecular flexibility index (Phi) is 3.47. The second-order valence-electron chi connectivity index (χ2n) is 6.39. The molecule has 1 N–H and O–H groups in total. The van der Waals surface area contributed by atoms with Gasteiger partial charge in [-0.05, 0) is 6.42 Å². The molecule has 0 spiro atoms. The summed E-state index contributed by atoms with van der Waals surface area (Å²) in [6.07, 6.45) is 1.88. The molecule has 1 saturated heterocycles. The molecular weight excluding hydrogens is 230 g/mol. The molecule has 5 nitrogen and oxygen atoms in total. The highest BCUT2D eigenvalue weighted by Gasteiger charge is 2.40. The average Bonchev–Trinajstić information content (AvgIpc) is 2.63. The molecule has 0 saturated carbocycles. The summed E-state index contributed by atoms with van der Waals surface area (Å²) in [5.74, 6) is 1.38. The summed E-state index contributed by atoms with van der Waals surface area (Å²) >= 11 is 0. The van der Waals surface area contributed by atoms with Crippen molar-refractivity contribution in [3.63, 3.8) is 0 Å². The zero-order valence-electron chi connectivity index (χ0n) is 11.7. The van der Waals surface area contributed by atoms with Crippen molar-refractivity contribution >= 4 is 0 Å². The minimum absolute atomic E-state index is 0.108. The van der Waals surface area contributed by atoms with Crippen LogP contribution in [0.4, 0.5) is 0 Å². The Morgan fingerprint density at radius 1 is 1.39 bits per heavy atom. The molecule has 1 aliphatic rings. The van der Waals surface area contributed by atoms with Crippen LogP contribution in [0.3, 0.4) is 0 Å². The van der Waals surface area contributed by atoms with Crippen LogP contribution in [0, 0.1) is 0 Å². The van der Waals surface area contributed by atoms with Crippen molar-refractivity contribution in [2.45, 2.75) is 58.1 Å². The maximum absolute atomic E-state index is 10.1. The molecule has 1 aromatic rings. The third kappa shape index (κ3) is 2.90. The Bertz CT molecular complexity index is 403. The van der Waals surface area contributed by atoms with Gasteiger partial charge >= 0.3 is 0 Å². The maximum atomic E-state index is 10.1. The van der Waals surface area contributed by atoms with E-state index >= 15 is 0 Å². The number of nitrogens with zero attached hydrogens (tertiary/aromatic N) is 3. The smallest absolute Gasteiger partial charge is 0.232 e. The predicted molar refractivity (Wildman–Crippen MR) is 68.1 cm³/mol. The van der Waals surface area contributed by atoms with Crippen molar-refractivity contribution in [1.82, 2.24) is 15.0 Å². The molecule has 0 atom stereocenters. The van der Waals surface area contributed by atoms with E-state index in [0.717, 1.165) is 12.8 Å². The number of hydrogen-bond donors (Lipinski definition) is 1. The summed E-state index contributed by atoms with van der Waals surface area (Å²) < 4.78 is 5.25. The van der Waals surface area contributed by atoms with E-state index in [1.165, 1.54) is 0 Å². The Morgan fingerprint density at radius 3 is 2.56 bits per heavy atom. The molecule has 5 heteroatoms. The maximum Gasteiger partial charge on any atom is 0.232 e. The van der Waals surface area contributed by atoms with Gasteiger partial charge in [-0.1, -0.05) is 39.3 Å². The standard InChI is InChI=1S/C13H23N3O2/c1-5-6-13(17)8-16(9-13)7-10-14-11(18-15-10)12(2,3)4/h17H,5-9H2,1-4H3. The van der Waals surface area contributed by atoms with Crippen LogP contribution < -0.4 is 0 Å². The van der Waals surface area contributed by atoms with Gasteiger partial charge in [0.25, 0.3) is 0 Å². The SMILES string of the molecule is CCCC1(O)CN(Cc2noc(C(C)(C)C)n2)C1. The summed E-state index contributed by atoms with van der Waals surface area (Å²) in [6, 6.07) is 0. The van der Waals surface area contributed by atoms with Crippen molar-refractivity contribution in [3.8, 4) is 0 Å². The van der Waals surface area contributed by atoms with Gasteiger partial charge in [0, 0.05) is 18.5 Å². The lowest BCUT2D eigenvalue weighted by atomic mass is 9.89. The first-order valence-electron chi connectivity index (χ1n) is 6.60. The van der Waals surface area contributed by atoms with E-state index in [0.29, 0.717) is 31.3 Å². The molecule has 0 amide bonds. The minimum Gasteiger partial charge on any atom is -0.387 e. The Hall–Kier alpha value is -0.940. The lowest BCUT2D eigenvalue weighted by Crippen LogP contribution is -2.61. The van der Waals surface area contributed by atoms with Gasteiger partial charge in [-0.2, -0.15) is 4.98 Å². The summed E-state index contributed by atoms with van der Waals surface area (Å²) in [6.45, 7) is 10.3. The molecule has 0 aromatic carbocycles. The number of likely N-dealkylation sites (tertiary alicyclic amines) is 1. The first kappa shape index (κ1) is 13.5. The summed E-state index contributed by atoms with van der Waals surface area (Å²) in [5, 5.41) is 14.1. The molecule has 2 rings (SSSR count). The molecule has 18 heavy (non-hydrogen) atoms. The van der Waals surface area contributed by atoms with E-state index in [-0.39, 0.29) is 5.41 Å². The number of hydrogen-bond acceptors (Lipinski definition) is 5. The van der Waals surface area contributed by atoms with Crippen molar-refractivity contribution < 1.29 is 9.63 Å². The Labute approximate surface area is 108 Å². The highest BCUT2D eigenvalue weighted by atomic mass is 16.5. The highest BCUT2D eigenvalue weighted by Crippen LogP contribution is 2.27. The fourth-order valence-electron chi connectivity index (χ4n) is 2.34. The van der Waals surface area contributed by atoms with Gasteiger partial charge in [-0.15, -0.1) is 0 Å². The van der Waals surface area contributed by atoms with Crippen LogP contribution in [-0.2, 0) is 12.0 Å². The normalized spacial score (nSPS) is 19.8. The molecule has 0 unspecified atom stereocenters. The molecule has 102 valence electrons. The largest absolute Gasteiger partial charge is 0.387 e. The van der Waals surface area contributed by atoms with Crippen LogP contribution >= 0.6 is 0 Å². The summed E-state index contributed by atoms with van der Waals surface area (Å²) in [5.41, 5.74) is -0.603. The van der Waals surface area contributed by atoms with Gasteiger partial charge in [0.1, 0.15) is 0 Å². The second kappa shape index (κ2) is 4.63. The van der Waals surface area contributed by atoms with Gasteiger partial charge in [-0.25, -0.2) is 0 Å². The molecular formula is C13H23N3O2. The molecule has 0 radical (unpaired) electrons. The van der Waals surface area contributed by atoms with Crippen molar-refractivity contribution in [2.75, 3.05) is 13.1 Å². The van der Waals surface area contributed by atoms with Crippen molar-refractivity contribution in [2.24, 2.45) is 0 Å². The number of aliphatic hydroxyl groups is 1. The number of β-amino-alcohol motifs (C(OH)–C–C–N with tert-alkyl or cyclic N) is 1. The van der Waals surface area contributed by atoms with Gasteiger partial charge in [0.2, 0.25) is 5.89 Å². The summed E-state index contributed by atoms with van der Waals surface area (Å²) in [4.78, 5) is 6.54. The number of aromatic nitrogens is 2. The monoisotopic (exact) mass is 253 g/mol. The van der Waals surface area contributed by atoms with Crippen LogP contribution in [0.1, 0.15) is 52.3 Å². The van der Waals surface area contributed by atoms with E-state index in [4.69, 9.17) is 4.52 Å². The first-order chi connectivity index (χ1) is 8.32. The van der Waals surface area contributed by atoms with Crippen LogP contribution in [0.5, 0.6) is 0 Å². The zero-order chi connectivity index (χ0) is 13.4. The van der Waals surface area contributed by atoms with E-state index in [1.54, 1.807) is 0 Å². The number of rotatable bonds is 4. The second-order valence-corrected chi connectivity index (χ2v) is 6.39. The van der Waals surface area contributed by atoms with Crippen molar-refractivity contribution in [1.29, 1.82) is 0 Å². The fourth-order valence-corrected chi connectivity index (χ4v) is 2.34. The molecule has 0 bridgehead atoms. The first-order valence-corrected chi connectivity index (χ1v) is 6.60. The average molecular weight is 253 g/mol. The highest BCUT2D eigenvalue weighted by molar-refractivity contribution is 5.01. The van der Waals surface area contributed by atoms with Gasteiger partial charge in [-0.3, -0.25) is 4.90 Å². The third-order valence-corrected chi connectivity index (χ3v) is 3.23. The zero-order valence-corrected chi connectivity index (χ0v) is 11.7. The molecule has 1 aliphatic heterocycles. The molecule has 0 aliphatic carbocycles. The van der Waals surface area contributed by atoms with E-state index < -0.39 is 5.60 Å². The van der Waals surface area contributed by atoms with Crippen LogP contribution in [0.15, 0.2) is 4.52 Å². The van der Waals surface area contributed by atoms with Gasteiger partial charge in [0.05, 0.1) is 12.1 Å². The molecule has 1 aromatic heterocycles. The lowest BCUT2D eigenvalue weighted by Gasteiger charge is -2.46.